The zero-order chi connectivity index (χ0) is 15.9. The fraction of sp³-hybridized carbons (Fsp3) is 0.250. The molecular formula is C16H16N4O2. The first-order chi connectivity index (χ1) is 10.5. The molecule has 0 saturated carbocycles. The van der Waals surface area contributed by atoms with E-state index in [-0.39, 0.29) is 5.78 Å². The Morgan fingerprint density at radius 3 is 2.41 bits per heavy atom. The van der Waals surface area contributed by atoms with E-state index in [9.17, 15) is 4.79 Å². The maximum Gasteiger partial charge on any atom is 0.185 e. The molecule has 0 spiro atoms. The highest BCUT2D eigenvalue weighted by molar-refractivity contribution is 5.93. The number of methoxy groups -OCH3 is 1. The fourth-order valence-corrected chi connectivity index (χ4v) is 2.53. The molecule has 112 valence electrons. The summed E-state index contributed by atoms with van der Waals surface area (Å²) in [5.41, 5.74) is 4.41. The van der Waals surface area contributed by atoms with E-state index in [4.69, 9.17) is 4.74 Å². The minimum atomic E-state index is -0.119. The summed E-state index contributed by atoms with van der Waals surface area (Å²) in [6, 6.07) is 7.70. The van der Waals surface area contributed by atoms with Gasteiger partial charge in [-0.25, -0.2) is 4.52 Å². The first-order valence-corrected chi connectivity index (χ1v) is 6.91. The number of benzene rings is 1. The summed E-state index contributed by atoms with van der Waals surface area (Å²) >= 11 is 0. The summed E-state index contributed by atoms with van der Waals surface area (Å²) in [4.78, 5) is 11.6. The Kier molecular flexibility index (Phi) is 3.36. The summed E-state index contributed by atoms with van der Waals surface area (Å²) in [5.74, 6) is 0.671. The largest absolute Gasteiger partial charge is 0.497 e. The minimum absolute atomic E-state index is 0.119. The number of rotatable bonds is 3. The van der Waals surface area contributed by atoms with Gasteiger partial charge in [0, 0.05) is 6.92 Å². The van der Waals surface area contributed by atoms with Crippen molar-refractivity contribution in [3.8, 4) is 16.9 Å². The maximum absolute atomic E-state index is 11.6. The van der Waals surface area contributed by atoms with Crippen LogP contribution in [-0.2, 0) is 0 Å². The number of nitrogens with zero attached hydrogens (tertiary/aromatic N) is 4. The highest BCUT2D eigenvalue weighted by atomic mass is 16.5. The maximum atomic E-state index is 11.6. The normalized spacial score (nSPS) is 10.9. The molecule has 0 fully saturated rings. The zero-order valence-electron chi connectivity index (χ0n) is 12.9. The lowest BCUT2D eigenvalue weighted by atomic mass is 10.1. The van der Waals surface area contributed by atoms with Crippen LogP contribution in [0.25, 0.3) is 16.8 Å². The average Bonchev–Trinajstić information content (AvgIpc) is 2.84. The lowest BCUT2D eigenvalue weighted by Crippen LogP contribution is -2.09. The standard InChI is InChI=1S/C16H16N4O2/c1-9-14(12-5-7-13(22-4)8-6-12)16-18-17-15(11(3)21)10(2)20(16)19-9/h5-8H,1-4H3. The topological polar surface area (TPSA) is 69.4 Å². The molecule has 0 bridgehead atoms. The molecule has 0 N–H and O–H groups in total. The quantitative estimate of drug-likeness (QED) is 0.695. The number of aromatic nitrogens is 4. The molecule has 0 saturated heterocycles. The van der Waals surface area contributed by atoms with Crippen LogP contribution < -0.4 is 4.74 Å². The third-order valence-electron chi connectivity index (χ3n) is 3.65. The monoisotopic (exact) mass is 296 g/mol. The second-order valence-corrected chi connectivity index (χ2v) is 5.11. The van der Waals surface area contributed by atoms with E-state index in [0.29, 0.717) is 17.0 Å². The zero-order valence-corrected chi connectivity index (χ0v) is 12.9. The van der Waals surface area contributed by atoms with Crippen molar-refractivity contribution in [2.24, 2.45) is 0 Å². The second kappa shape index (κ2) is 5.22. The predicted octanol–water partition coefficient (Wildman–Crippen LogP) is 2.62. The van der Waals surface area contributed by atoms with E-state index in [0.717, 1.165) is 22.6 Å². The molecular weight excluding hydrogens is 280 g/mol. The summed E-state index contributed by atoms with van der Waals surface area (Å²) in [5, 5.41) is 12.8. The molecule has 3 aromatic rings. The number of carbonyl (C=O) groups is 1. The van der Waals surface area contributed by atoms with E-state index >= 15 is 0 Å². The molecule has 6 heteroatoms. The van der Waals surface area contributed by atoms with Crippen molar-refractivity contribution in [3.05, 3.63) is 41.3 Å². The number of aryl methyl sites for hydroxylation is 2. The number of Topliss-reactive ketones (excluding diaryl/α,β-unsaturated/α-hetero) is 1. The number of hydrogen-bond donors (Lipinski definition) is 0. The third kappa shape index (κ3) is 2.13. The third-order valence-corrected chi connectivity index (χ3v) is 3.65. The smallest absolute Gasteiger partial charge is 0.185 e. The van der Waals surface area contributed by atoms with Crippen LogP contribution in [0.15, 0.2) is 24.3 Å². The van der Waals surface area contributed by atoms with Crippen molar-refractivity contribution in [1.29, 1.82) is 0 Å². The molecule has 6 nitrogen and oxygen atoms in total. The van der Waals surface area contributed by atoms with E-state index in [1.54, 1.807) is 11.6 Å². The Hall–Kier alpha value is -2.76. The van der Waals surface area contributed by atoms with Crippen LogP contribution in [0, 0.1) is 13.8 Å². The molecule has 2 aromatic heterocycles. The average molecular weight is 296 g/mol. The van der Waals surface area contributed by atoms with Crippen LogP contribution in [0.4, 0.5) is 0 Å². The number of hydrogen-bond acceptors (Lipinski definition) is 5. The number of ether oxygens (including phenoxy) is 1. The van der Waals surface area contributed by atoms with Gasteiger partial charge in [0.05, 0.1) is 24.1 Å². The van der Waals surface area contributed by atoms with Gasteiger partial charge in [-0.1, -0.05) is 12.1 Å². The van der Waals surface area contributed by atoms with Crippen LogP contribution >= 0.6 is 0 Å². The predicted molar refractivity (Wildman–Crippen MR) is 82.2 cm³/mol. The van der Waals surface area contributed by atoms with E-state index in [2.05, 4.69) is 15.3 Å². The minimum Gasteiger partial charge on any atom is -0.497 e. The molecule has 0 aliphatic heterocycles. The van der Waals surface area contributed by atoms with E-state index < -0.39 is 0 Å². The number of fused-ring (bicyclic) bond motifs is 1. The van der Waals surface area contributed by atoms with Crippen molar-refractivity contribution in [2.75, 3.05) is 7.11 Å². The van der Waals surface area contributed by atoms with Crippen molar-refractivity contribution < 1.29 is 9.53 Å². The number of ketones is 1. The van der Waals surface area contributed by atoms with Crippen molar-refractivity contribution in [2.45, 2.75) is 20.8 Å². The van der Waals surface area contributed by atoms with Gasteiger partial charge < -0.3 is 4.74 Å². The van der Waals surface area contributed by atoms with E-state index in [1.165, 1.54) is 6.92 Å². The molecule has 0 aliphatic rings. The van der Waals surface area contributed by atoms with Gasteiger partial charge in [0.2, 0.25) is 0 Å². The van der Waals surface area contributed by atoms with Crippen LogP contribution in [0.3, 0.4) is 0 Å². The first-order valence-electron chi connectivity index (χ1n) is 6.91. The number of carbonyl (C=O) groups excluding carboxylic acids is 1. The Balaban J connectivity index is 2.24. The highest BCUT2D eigenvalue weighted by Crippen LogP contribution is 2.29. The van der Waals surface area contributed by atoms with Gasteiger partial charge in [-0.15, -0.1) is 10.2 Å². The molecule has 3 rings (SSSR count). The molecule has 0 aliphatic carbocycles. The lowest BCUT2D eigenvalue weighted by Gasteiger charge is -2.04. The first kappa shape index (κ1) is 14.2. The molecule has 0 radical (unpaired) electrons. The van der Waals surface area contributed by atoms with Crippen molar-refractivity contribution in [3.63, 3.8) is 0 Å². The fourth-order valence-electron chi connectivity index (χ4n) is 2.53. The van der Waals surface area contributed by atoms with Crippen molar-refractivity contribution in [1.82, 2.24) is 19.8 Å². The molecule has 0 unspecified atom stereocenters. The molecule has 0 amide bonds. The van der Waals surface area contributed by atoms with Crippen molar-refractivity contribution >= 4 is 11.4 Å². The van der Waals surface area contributed by atoms with Gasteiger partial charge >= 0.3 is 0 Å². The SMILES string of the molecule is COc1ccc(-c2c(C)nn3c(C)c(C(C)=O)nnc23)cc1. The summed E-state index contributed by atoms with van der Waals surface area (Å²) in [6.07, 6.45) is 0. The van der Waals surface area contributed by atoms with Crippen LogP contribution in [-0.4, -0.2) is 32.7 Å². The lowest BCUT2D eigenvalue weighted by molar-refractivity contribution is 0.101. The van der Waals surface area contributed by atoms with Crippen LogP contribution in [0.5, 0.6) is 5.75 Å². The Bertz CT molecular complexity index is 866. The van der Waals surface area contributed by atoms with Crippen LogP contribution in [0.1, 0.15) is 28.8 Å². The van der Waals surface area contributed by atoms with Gasteiger partial charge in [-0.2, -0.15) is 5.10 Å². The Labute approximate surface area is 127 Å². The Morgan fingerprint density at radius 2 is 1.82 bits per heavy atom. The van der Waals surface area contributed by atoms with Gasteiger partial charge in [-0.05, 0) is 31.5 Å². The van der Waals surface area contributed by atoms with Gasteiger partial charge in [0.25, 0.3) is 0 Å². The summed E-state index contributed by atoms with van der Waals surface area (Å²) in [6.45, 7) is 5.22. The highest BCUT2D eigenvalue weighted by Gasteiger charge is 2.18. The molecule has 22 heavy (non-hydrogen) atoms. The molecule has 1 aromatic carbocycles. The van der Waals surface area contributed by atoms with Gasteiger partial charge in [0.15, 0.2) is 11.4 Å². The van der Waals surface area contributed by atoms with Gasteiger partial charge in [0.1, 0.15) is 11.4 Å². The van der Waals surface area contributed by atoms with Gasteiger partial charge in [-0.3, -0.25) is 4.79 Å². The Morgan fingerprint density at radius 1 is 1.14 bits per heavy atom. The summed E-state index contributed by atoms with van der Waals surface area (Å²) < 4.78 is 6.86. The van der Waals surface area contributed by atoms with E-state index in [1.807, 2.05) is 38.1 Å². The molecule has 2 heterocycles. The molecule has 0 atom stereocenters. The van der Waals surface area contributed by atoms with Crippen LogP contribution in [0.2, 0.25) is 0 Å². The summed E-state index contributed by atoms with van der Waals surface area (Å²) in [7, 11) is 1.63. The second-order valence-electron chi connectivity index (χ2n) is 5.11.